The van der Waals surface area contributed by atoms with Crippen molar-refractivity contribution in [1.29, 1.82) is 0 Å². The molecule has 1 aromatic heterocycles. The minimum Gasteiger partial charge on any atom is -0.330 e. The quantitative estimate of drug-likeness (QED) is 0.844. The number of aryl methyl sites for hydroxylation is 1. The van der Waals surface area contributed by atoms with Gasteiger partial charge in [0, 0.05) is 10.3 Å². The number of nitrogens with zero attached hydrogens (tertiary/aromatic N) is 1. The number of nitrogens with two attached hydrogens (primary N) is 1. The van der Waals surface area contributed by atoms with E-state index in [1.54, 1.807) is 0 Å². The van der Waals surface area contributed by atoms with Gasteiger partial charge in [0.25, 0.3) is 0 Å². The van der Waals surface area contributed by atoms with E-state index < -0.39 is 0 Å². The highest BCUT2D eigenvalue weighted by Crippen LogP contribution is 2.47. The summed E-state index contributed by atoms with van der Waals surface area (Å²) in [7, 11) is 0. The van der Waals surface area contributed by atoms with E-state index in [0.29, 0.717) is 10.8 Å². The molecule has 0 radical (unpaired) electrons. The lowest BCUT2D eigenvalue weighted by atomic mass is 9.67. The fraction of sp³-hybridized carbons (Fsp3) is 0.800. The molecule has 1 aliphatic rings. The standard InChI is InChI=1S/C15H26N2S/c1-14(2)9-11-13(15(3,4)10-14)18-12(17-11)7-5-6-8-16/h5-10,16H2,1-4H3. The Morgan fingerprint density at radius 1 is 1.22 bits per heavy atom. The van der Waals surface area contributed by atoms with Crippen LogP contribution in [-0.4, -0.2) is 11.5 Å². The van der Waals surface area contributed by atoms with Gasteiger partial charge in [-0.05, 0) is 44.1 Å². The van der Waals surface area contributed by atoms with Crippen LogP contribution in [0.2, 0.25) is 0 Å². The highest BCUT2D eigenvalue weighted by Gasteiger charge is 2.39. The summed E-state index contributed by atoms with van der Waals surface area (Å²) in [4.78, 5) is 6.42. The molecule has 0 bridgehead atoms. The van der Waals surface area contributed by atoms with Gasteiger partial charge in [0.1, 0.15) is 0 Å². The SMILES string of the molecule is CC1(C)Cc2nc(CCCCN)sc2C(C)(C)C1. The van der Waals surface area contributed by atoms with Crippen LogP contribution in [0.15, 0.2) is 0 Å². The van der Waals surface area contributed by atoms with Crippen molar-refractivity contribution >= 4 is 11.3 Å². The van der Waals surface area contributed by atoms with Gasteiger partial charge in [-0.3, -0.25) is 0 Å². The molecule has 0 unspecified atom stereocenters. The molecule has 0 fully saturated rings. The lowest BCUT2D eigenvalue weighted by molar-refractivity contribution is 0.232. The molecule has 0 aromatic carbocycles. The van der Waals surface area contributed by atoms with E-state index in [-0.39, 0.29) is 0 Å². The first kappa shape index (κ1) is 14.0. The second-order valence-electron chi connectivity index (χ2n) is 7.03. The fourth-order valence-electron chi connectivity index (χ4n) is 3.37. The predicted molar refractivity (Wildman–Crippen MR) is 79.2 cm³/mol. The maximum atomic E-state index is 5.55. The van der Waals surface area contributed by atoms with E-state index >= 15 is 0 Å². The van der Waals surface area contributed by atoms with Gasteiger partial charge < -0.3 is 5.73 Å². The van der Waals surface area contributed by atoms with Gasteiger partial charge in [0.05, 0.1) is 10.7 Å². The van der Waals surface area contributed by atoms with Gasteiger partial charge in [-0.1, -0.05) is 27.7 Å². The van der Waals surface area contributed by atoms with E-state index in [1.807, 2.05) is 11.3 Å². The third kappa shape index (κ3) is 2.94. The Labute approximate surface area is 115 Å². The van der Waals surface area contributed by atoms with Crippen LogP contribution in [0.25, 0.3) is 0 Å². The number of rotatable bonds is 4. The molecule has 0 saturated carbocycles. The molecule has 0 saturated heterocycles. The molecule has 0 spiro atoms. The molecular weight excluding hydrogens is 240 g/mol. The molecule has 1 aromatic rings. The number of hydrogen-bond acceptors (Lipinski definition) is 3. The zero-order valence-corrected chi connectivity index (χ0v) is 13.0. The molecule has 18 heavy (non-hydrogen) atoms. The van der Waals surface area contributed by atoms with Crippen molar-refractivity contribution in [3.05, 3.63) is 15.6 Å². The van der Waals surface area contributed by atoms with Crippen LogP contribution >= 0.6 is 11.3 Å². The Kier molecular flexibility index (Phi) is 3.84. The van der Waals surface area contributed by atoms with Crippen molar-refractivity contribution in [2.75, 3.05) is 6.54 Å². The van der Waals surface area contributed by atoms with Gasteiger partial charge in [-0.15, -0.1) is 11.3 Å². The van der Waals surface area contributed by atoms with Gasteiger partial charge in [0.15, 0.2) is 0 Å². The van der Waals surface area contributed by atoms with Crippen LogP contribution in [0, 0.1) is 5.41 Å². The highest BCUT2D eigenvalue weighted by molar-refractivity contribution is 7.11. The van der Waals surface area contributed by atoms with Crippen LogP contribution in [0.4, 0.5) is 0 Å². The maximum absolute atomic E-state index is 5.55. The molecule has 0 amide bonds. The lowest BCUT2D eigenvalue weighted by Gasteiger charge is -2.39. The molecule has 2 nitrogen and oxygen atoms in total. The summed E-state index contributed by atoms with van der Waals surface area (Å²) in [5.41, 5.74) is 7.60. The number of aromatic nitrogens is 1. The summed E-state index contributed by atoms with van der Waals surface area (Å²) in [5.74, 6) is 0. The molecule has 0 aliphatic heterocycles. The van der Waals surface area contributed by atoms with E-state index in [4.69, 9.17) is 10.7 Å². The summed E-state index contributed by atoms with van der Waals surface area (Å²) in [6.07, 6.45) is 5.79. The van der Waals surface area contributed by atoms with Crippen molar-refractivity contribution in [3.63, 3.8) is 0 Å². The lowest BCUT2D eigenvalue weighted by Crippen LogP contribution is -2.33. The molecule has 2 rings (SSSR count). The number of fused-ring (bicyclic) bond motifs is 1. The average molecular weight is 266 g/mol. The number of unbranched alkanes of at least 4 members (excludes halogenated alkanes) is 1. The Bertz CT molecular complexity index is 418. The van der Waals surface area contributed by atoms with Crippen LogP contribution < -0.4 is 5.73 Å². The summed E-state index contributed by atoms with van der Waals surface area (Å²) in [5, 5.41) is 1.32. The molecular formula is C15H26N2S. The van der Waals surface area contributed by atoms with Crippen molar-refractivity contribution in [2.45, 2.75) is 65.2 Å². The van der Waals surface area contributed by atoms with Crippen molar-refractivity contribution < 1.29 is 0 Å². The molecule has 3 heteroatoms. The van der Waals surface area contributed by atoms with E-state index in [1.165, 1.54) is 28.4 Å². The first-order valence-corrected chi connectivity index (χ1v) is 7.85. The minimum atomic E-state index is 0.293. The van der Waals surface area contributed by atoms with Gasteiger partial charge in [0.2, 0.25) is 0 Å². The minimum absolute atomic E-state index is 0.293. The summed E-state index contributed by atoms with van der Waals surface area (Å²) in [6.45, 7) is 10.3. The molecule has 1 aliphatic carbocycles. The van der Waals surface area contributed by atoms with Gasteiger partial charge >= 0.3 is 0 Å². The maximum Gasteiger partial charge on any atom is 0.0931 e. The Balaban J connectivity index is 2.19. The van der Waals surface area contributed by atoms with E-state index in [2.05, 4.69) is 27.7 Å². The van der Waals surface area contributed by atoms with Gasteiger partial charge in [-0.2, -0.15) is 0 Å². The fourth-order valence-corrected chi connectivity index (χ4v) is 4.59. The molecule has 2 N–H and O–H groups in total. The topological polar surface area (TPSA) is 38.9 Å². The van der Waals surface area contributed by atoms with E-state index in [9.17, 15) is 0 Å². The zero-order valence-electron chi connectivity index (χ0n) is 12.2. The van der Waals surface area contributed by atoms with Gasteiger partial charge in [-0.25, -0.2) is 4.98 Å². The van der Waals surface area contributed by atoms with Crippen LogP contribution in [0.1, 0.15) is 62.5 Å². The first-order valence-electron chi connectivity index (χ1n) is 7.03. The van der Waals surface area contributed by atoms with Crippen molar-refractivity contribution in [3.8, 4) is 0 Å². The first-order chi connectivity index (χ1) is 8.34. The van der Waals surface area contributed by atoms with E-state index in [0.717, 1.165) is 25.8 Å². The average Bonchev–Trinajstić information content (AvgIpc) is 2.59. The third-order valence-corrected chi connectivity index (χ3v) is 5.29. The third-order valence-electron chi connectivity index (χ3n) is 3.77. The summed E-state index contributed by atoms with van der Waals surface area (Å²) in [6, 6.07) is 0. The Morgan fingerprint density at radius 3 is 2.61 bits per heavy atom. The summed E-state index contributed by atoms with van der Waals surface area (Å²) >= 11 is 1.94. The highest BCUT2D eigenvalue weighted by atomic mass is 32.1. The Hall–Kier alpha value is -0.410. The number of thiazole rings is 1. The second kappa shape index (κ2) is 4.93. The Morgan fingerprint density at radius 2 is 1.94 bits per heavy atom. The van der Waals surface area contributed by atoms with Crippen molar-refractivity contribution in [1.82, 2.24) is 4.98 Å². The second-order valence-corrected chi connectivity index (χ2v) is 8.11. The monoisotopic (exact) mass is 266 g/mol. The summed E-state index contributed by atoms with van der Waals surface area (Å²) < 4.78 is 0. The largest absolute Gasteiger partial charge is 0.330 e. The predicted octanol–water partition coefficient (Wildman–Crippen LogP) is 3.67. The number of hydrogen-bond donors (Lipinski definition) is 1. The van der Waals surface area contributed by atoms with Crippen LogP contribution in [0.3, 0.4) is 0 Å². The normalized spacial score (nSPS) is 20.7. The zero-order chi connectivity index (χ0) is 13.4. The molecule has 1 heterocycles. The van der Waals surface area contributed by atoms with Crippen LogP contribution in [-0.2, 0) is 18.3 Å². The molecule has 102 valence electrons. The molecule has 0 atom stereocenters. The smallest absolute Gasteiger partial charge is 0.0931 e. The van der Waals surface area contributed by atoms with Crippen LogP contribution in [0.5, 0.6) is 0 Å². The van der Waals surface area contributed by atoms with Crippen molar-refractivity contribution in [2.24, 2.45) is 11.1 Å².